The maximum absolute atomic E-state index is 11.5. The van der Waals surface area contributed by atoms with Crippen molar-refractivity contribution in [2.45, 2.75) is 31.9 Å². The van der Waals surface area contributed by atoms with Gasteiger partial charge in [0.15, 0.2) is 0 Å². The minimum atomic E-state index is -1.05. The van der Waals surface area contributed by atoms with Crippen LogP contribution in [0.4, 0.5) is 10.5 Å². The molecule has 1 rings (SSSR count). The summed E-state index contributed by atoms with van der Waals surface area (Å²) in [4.78, 5) is 32.3. The van der Waals surface area contributed by atoms with Crippen molar-refractivity contribution in [2.24, 2.45) is 5.73 Å². The number of unbranched alkanes of at least 4 members (excludes halogenated alkanes) is 1. The molecule has 9 heteroatoms. The lowest BCUT2D eigenvalue weighted by molar-refractivity contribution is -0.385. The van der Waals surface area contributed by atoms with Gasteiger partial charge in [-0.3, -0.25) is 14.9 Å². The lowest BCUT2D eigenvalue weighted by atomic mass is 10.1. The molecule has 0 aliphatic carbocycles. The second-order valence-electron chi connectivity index (χ2n) is 4.83. The second kappa shape index (κ2) is 9.36. The third-order valence-corrected chi connectivity index (χ3v) is 3.08. The molecule has 1 aromatic carbocycles. The molecule has 1 aromatic rings. The molecule has 126 valence electrons. The number of alkyl carbamates (subject to hydrolysis) is 1. The minimum absolute atomic E-state index is 0.108. The number of rotatable bonds is 9. The predicted molar refractivity (Wildman–Crippen MR) is 80.7 cm³/mol. The summed E-state index contributed by atoms with van der Waals surface area (Å²) in [6.07, 6.45) is 0.743. The normalized spacial score (nSPS) is 11.5. The van der Waals surface area contributed by atoms with Crippen molar-refractivity contribution >= 4 is 17.7 Å². The van der Waals surface area contributed by atoms with Crippen molar-refractivity contribution in [1.29, 1.82) is 0 Å². The fourth-order valence-electron chi connectivity index (χ4n) is 1.81. The van der Waals surface area contributed by atoms with E-state index in [1.165, 1.54) is 18.2 Å². The average molecular weight is 325 g/mol. The van der Waals surface area contributed by atoms with E-state index in [0.29, 0.717) is 31.4 Å². The third kappa shape index (κ3) is 6.74. The van der Waals surface area contributed by atoms with E-state index >= 15 is 0 Å². The Kier molecular flexibility index (Phi) is 7.48. The molecule has 1 amide bonds. The Bertz CT molecular complexity index is 563. The van der Waals surface area contributed by atoms with E-state index < -0.39 is 23.0 Å². The summed E-state index contributed by atoms with van der Waals surface area (Å²) in [6.45, 7) is 0.106. The molecule has 9 nitrogen and oxygen atoms in total. The second-order valence-corrected chi connectivity index (χ2v) is 4.83. The summed E-state index contributed by atoms with van der Waals surface area (Å²) >= 11 is 0. The van der Waals surface area contributed by atoms with Gasteiger partial charge < -0.3 is 20.9 Å². The van der Waals surface area contributed by atoms with Crippen LogP contribution >= 0.6 is 0 Å². The highest BCUT2D eigenvalue weighted by atomic mass is 16.6. The van der Waals surface area contributed by atoms with Crippen LogP contribution in [0.25, 0.3) is 0 Å². The third-order valence-electron chi connectivity index (χ3n) is 3.08. The van der Waals surface area contributed by atoms with Crippen molar-refractivity contribution in [1.82, 2.24) is 5.32 Å². The van der Waals surface area contributed by atoms with E-state index in [1.807, 2.05) is 0 Å². The first-order chi connectivity index (χ1) is 10.9. The van der Waals surface area contributed by atoms with Gasteiger partial charge in [-0.05, 0) is 25.3 Å². The average Bonchev–Trinajstić information content (AvgIpc) is 2.52. The van der Waals surface area contributed by atoms with E-state index in [9.17, 15) is 19.7 Å². The monoisotopic (exact) mass is 325 g/mol. The number of carboxylic acids is 1. The van der Waals surface area contributed by atoms with Gasteiger partial charge in [0.1, 0.15) is 12.6 Å². The number of carbonyl (C=O) groups is 2. The number of nitrogens with zero attached hydrogens (tertiary/aromatic N) is 1. The molecule has 0 radical (unpaired) electrons. The number of benzene rings is 1. The SMILES string of the molecule is NC(CCCCNC(=O)OCc1ccccc1[N+](=O)[O-])C(=O)O. The van der Waals surface area contributed by atoms with Crippen LogP contribution in [0.15, 0.2) is 24.3 Å². The molecule has 4 N–H and O–H groups in total. The number of aliphatic carboxylic acids is 1. The number of nitrogens with one attached hydrogen (secondary N) is 1. The number of nitro groups is 1. The highest BCUT2D eigenvalue weighted by molar-refractivity contribution is 5.72. The van der Waals surface area contributed by atoms with Crippen molar-refractivity contribution < 1.29 is 24.4 Å². The molecule has 0 saturated carbocycles. The molecule has 0 bridgehead atoms. The van der Waals surface area contributed by atoms with Crippen LogP contribution in [0.1, 0.15) is 24.8 Å². The van der Waals surface area contributed by atoms with Crippen molar-refractivity contribution in [3.63, 3.8) is 0 Å². The minimum Gasteiger partial charge on any atom is -0.480 e. The van der Waals surface area contributed by atoms with Crippen LogP contribution in [-0.4, -0.2) is 34.7 Å². The largest absolute Gasteiger partial charge is 0.480 e. The summed E-state index contributed by atoms with van der Waals surface area (Å²) in [5, 5.41) is 21.9. The van der Waals surface area contributed by atoms with Gasteiger partial charge in [0.25, 0.3) is 5.69 Å². The smallest absolute Gasteiger partial charge is 0.407 e. The number of carboxylic acid groups (broad SMARTS) is 1. The standard InChI is InChI=1S/C14H19N3O6/c15-11(13(18)19)6-3-4-8-16-14(20)23-9-10-5-1-2-7-12(10)17(21)22/h1-2,5,7,11H,3-4,6,8-9,15H2,(H,16,20)(H,18,19). The first-order valence-electron chi connectivity index (χ1n) is 7.03. The fraction of sp³-hybridized carbons (Fsp3) is 0.429. The van der Waals surface area contributed by atoms with E-state index in [2.05, 4.69) is 5.32 Å². The Morgan fingerprint density at radius 3 is 2.70 bits per heavy atom. The number of hydrogen-bond acceptors (Lipinski definition) is 6. The van der Waals surface area contributed by atoms with Gasteiger partial charge in [0, 0.05) is 12.6 Å². The zero-order valence-corrected chi connectivity index (χ0v) is 12.4. The van der Waals surface area contributed by atoms with Crippen molar-refractivity contribution in [3.05, 3.63) is 39.9 Å². The zero-order valence-electron chi connectivity index (χ0n) is 12.4. The molecule has 1 unspecified atom stereocenters. The predicted octanol–water partition coefficient (Wildman–Crippen LogP) is 1.40. The maximum atomic E-state index is 11.5. The Hall–Kier alpha value is -2.68. The van der Waals surface area contributed by atoms with Gasteiger partial charge in [-0.1, -0.05) is 12.1 Å². The van der Waals surface area contributed by atoms with Crippen LogP contribution < -0.4 is 11.1 Å². The number of ether oxygens (including phenoxy) is 1. The quantitative estimate of drug-likeness (QED) is 0.353. The highest BCUT2D eigenvalue weighted by Gasteiger charge is 2.14. The molecule has 0 heterocycles. The van der Waals surface area contributed by atoms with Crippen LogP contribution in [0.3, 0.4) is 0 Å². The topological polar surface area (TPSA) is 145 Å². The fourth-order valence-corrected chi connectivity index (χ4v) is 1.81. The summed E-state index contributed by atoms with van der Waals surface area (Å²) in [5.41, 5.74) is 5.54. The molecular formula is C14H19N3O6. The maximum Gasteiger partial charge on any atom is 0.407 e. The first kappa shape index (κ1) is 18.4. The zero-order chi connectivity index (χ0) is 17.2. The first-order valence-corrected chi connectivity index (χ1v) is 7.03. The van der Waals surface area contributed by atoms with E-state index in [1.54, 1.807) is 6.07 Å². The number of nitrogens with two attached hydrogens (primary N) is 1. The Balaban J connectivity index is 2.25. The molecule has 0 spiro atoms. The lowest BCUT2D eigenvalue weighted by Crippen LogP contribution is -2.30. The molecule has 0 aliphatic heterocycles. The van der Waals surface area contributed by atoms with E-state index in [-0.39, 0.29) is 12.3 Å². The molecule has 23 heavy (non-hydrogen) atoms. The van der Waals surface area contributed by atoms with Crippen LogP contribution in [-0.2, 0) is 16.1 Å². The molecule has 1 atom stereocenters. The molecule has 0 aromatic heterocycles. The summed E-state index contributed by atoms with van der Waals surface area (Å²) < 4.78 is 4.91. The van der Waals surface area contributed by atoms with Gasteiger partial charge in [-0.2, -0.15) is 0 Å². The van der Waals surface area contributed by atoms with Crippen LogP contribution in [0, 0.1) is 10.1 Å². The summed E-state index contributed by atoms with van der Waals surface area (Å²) in [5.74, 6) is -1.05. The van der Waals surface area contributed by atoms with Gasteiger partial charge >= 0.3 is 12.1 Å². The van der Waals surface area contributed by atoms with Gasteiger partial charge in [0.2, 0.25) is 0 Å². The van der Waals surface area contributed by atoms with Crippen LogP contribution in [0.5, 0.6) is 0 Å². The van der Waals surface area contributed by atoms with Gasteiger partial charge in [-0.15, -0.1) is 0 Å². The molecule has 0 fully saturated rings. The number of para-hydroxylation sites is 1. The van der Waals surface area contributed by atoms with E-state index in [0.717, 1.165) is 0 Å². The number of hydrogen-bond donors (Lipinski definition) is 3. The van der Waals surface area contributed by atoms with Gasteiger partial charge in [-0.25, -0.2) is 4.79 Å². The summed E-state index contributed by atoms with van der Waals surface area (Å²) in [6, 6.07) is 5.10. The molecular weight excluding hydrogens is 306 g/mol. The molecule has 0 aliphatic rings. The van der Waals surface area contributed by atoms with Crippen molar-refractivity contribution in [2.75, 3.05) is 6.54 Å². The number of nitro benzene ring substituents is 1. The highest BCUT2D eigenvalue weighted by Crippen LogP contribution is 2.18. The lowest BCUT2D eigenvalue weighted by Gasteiger charge is -2.08. The number of amides is 1. The Morgan fingerprint density at radius 2 is 2.04 bits per heavy atom. The Labute approximate surface area is 132 Å². The molecule has 0 saturated heterocycles. The summed E-state index contributed by atoms with van der Waals surface area (Å²) in [7, 11) is 0. The van der Waals surface area contributed by atoms with Crippen molar-refractivity contribution in [3.8, 4) is 0 Å². The van der Waals surface area contributed by atoms with E-state index in [4.69, 9.17) is 15.6 Å². The van der Waals surface area contributed by atoms with Crippen LogP contribution in [0.2, 0.25) is 0 Å². The van der Waals surface area contributed by atoms with Gasteiger partial charge in [0.05, 0.1) is 10.5 Å². The Morgan fingerprint density at radius 1 is 1.35 bits per heavy atom. The number of carbonyl (C=O) groups excluding carboxylic acids is 1.